The first-order valence-corrected chi connectivity index (χ1v) is 11.0. The third-order valence-electron chi connectivity index (χ3n) is 9.65. The SMILES string of the molecule is CC1(C)[C@H]2C[C@@H]3N[C@H]4C[C@H](N2)[C@]1(c1ccccc1)[C@@]3(c1ccccc1)C4(C)C.Cl. The van der Waals surface area contributed by atoms with Gasteiger partial charge in [0.1, 0.15) is 0 Å². The highest BCUT2D eigenvalue weighted by molar-refractivity contribution is 5.85. The quantitative estimate of drug-likeness (QED) is 0.744. The lowest BCUT2D eigenvalue weighted by molar-refractivity contribution is -0.0591. The molecule has 154 valence electrons. The van der Waals surface area contributed by atoms with Crippen LogP contribution in [0.3, 0.4) is 0 Å². The topological polar surface area (TPSA) is 24.1 Å². The second-order valence-corrected chi connectivity index (χ2v) is 10.8. The van der Waals surface area contributed by atoms with E-state index in [9.17, 15) is 0 Å². The Morgan fingerprint density at radius 3 is 1.28 bits per heavy atom. The summed E-state index contributed by atoms with van der Waals surface area (Å²) in [4.78, 5) is 0. The van der Waals surface area contributed by atoms with Crippen molar-refractivity contribution in [2.45, 2.75) is 75.5 Å². The fourth-order valence-corrected chi connectivity index (χ4v) is 8.86. The van der Waals surface area contributed by atoms with E-state index in [0.717, 1.165) is 0 Å². The Balaban J connectivity index is 0.00000181. The van der Waals surface area contributed by atoms with Gasteiger partial charge in [-0.2, -0.15) is 0 Å². The molecule has 2 aromatic carbocycles. The average molecular weight is 409 g/mol. The summed E-state index contributed by atoms with van der Waals surface area (Å²) in [5, 5.41) is 8.33. The highest BCUT2D eigenvalue weighted by atomic mass is 35.5. The number of hydrogen-bond donors (Lipinski definition) is 2. The molecule has 2 saturated carbocycles. The van der Waals surface area contributed by atoms with Crippen LogP contribution in [0.4, 0.5) is 0 Å². The van der Waals surface area contributed by atoms with Gasteiger partial charge in [-0.3, -0.25) is 0 Å². The Kier molecular flexibility index (Phi) is 3.97. The lowest BCUT2D eigenvalue weighted by atomic mass is 9.33. The summed E-state index contributed by atoms with van der Waals surface area (Å²) in [7, 11) is 0. The number of halogens is 1. The summed E-state index contributed by atoms with van der Waals surface area (Å²) in [6.45, 7) is 10.2. The maximum absolute atomic E-state index is 4.17. The van der Waals surface area contributed by atoms with Crippen molar-refractivity contribution in [1.29, 1.82) is 0 Å². The van der Waals surface area contributed by atoms with Gasteiger partial charge in [-0.25, -0.2) is 0 Å². The maximum atomic E-state index is 4.17. The molecule has 0 radical (unpaired) electrons. The van der Waals surface area contributed by atoms with Crippen LogP contribution in [0.1, 0.15) is 51.7 Å². The van der Waals surface area contributed by atoms with Gasteiger partial charge in [0.15, 0.2) is 0 Å². The molecule has 6 atom stereocenters. The molecule has 6 rings (SSSR count). The second kappa shape index (κ2) is 5.87. The standard InChI is InChI=1S/C26H32N2.ClH/c1-23(2)19-15-22-26(18-13-9-6-10-14-18)24(3,4)20(28-22)16-21(27-19)25(23,26)17-11-7-5-8-12-17;/h5-14,19-22,27-28H,15-16H2,1-4H3;1H/t19-,20+,21-,22-,25+,26-;/m0./s1. The molecule has 2 aliphatic carbocycles. The average Bonchev–Trinajstić information content (AvgIpc) is 2.91. The molecule has 0 amide bonds. The van der Waals surface area contributed by atoms with E-state index in [1.165, 1.54) is 24.0 Å². The minimum absolute atomic E-state index is 0. The van der Waals surface area contributed by atoms with Crippen molar-refractivity contribution >= 4 is 12.4 Å². The van der Waals surface area contributed by atoms with Crippen LogP contribution in [-0.2, 0) is 10.8 Å². The largest absolute Gasteiger partial charge is 0.310 e. The highest BCUT2D eigenvalue weighted by Gasteiger charge is 2.83. The molecular formula is C26H33ClN2. The fraction of sp³-hybridized carbons (Fsp3) is 0.538. The predicted molar refractivity (Wildman–Crippen MR) is 122 cm³/mol. The zero-order valence-corrected chi connectivity index (χ0v) is 18.7. The Morgan fingerprint density at radius 1 is 0.586 bits per heavy atom. The molecule has 2 nitrogen and oxygen atoms in total. The lowest BCUT2D eigenvalue weighted by Crippen LogP contribution is -2.74. The summed E-state index contributed by atoms with van der Waals surface area (Å²) in [5.41, 5.74) is 3.56. The fourth-order valence-electron chi connectivity index (χ4n) is 8.86. The second-order valence-electron chi connectivity index (χ2n) is 10.8. The van der Waals surface area contributed by atoms with Crippen LogP contribution < -0.4 is 10.6 Å². The highest BCUT2D eigenvalue weighted by Crippen LogP contribution is 2.76. The van der Waals surface area contributed by atoms with E-state index >= 15 is 0 Å². The third-order valence-corrected chi connectivity index (χ3v) is 9.65. The summed E-state index contributed by atoms with van der Waals surface area (Å²) in [6, 6.07) is 25.1. The van der Waals surface area contributed by atoms with Crippen LogP contribution in [0, 0.1) is 10.8 Å². The minimum Gasteiger partial charge on any atom is -0.310 e. The van der Waals surface area contributed by atoms with Crippen LogP contribution in [0.15, 0.2) is 60.7 Å². The summed E-state index contributed by atoms with van der Waals surface area (Å²) >= 11 is 0. The first kappa shape index (κ1) is 19.6. The maximum Gasteiger partial charge on any atom is 0.0290 e. The zero-order valence-electron chi connectivity index (χ0n) is 17.9. The van der Waals surface area contributed by atoms with E-state index in [2.05, 4.69) is 99.0 Å². The van der Waals surface area contributed by atoms with Crippen molar-refractivity contribution in [3.05, 3.63) is 71.8 Å². The Bertz CT molecular complexity index is 847. The van der Waals surface area contributed by atoms with Gasteiger partial charge in [0, 0.05) is 35.0 Å². The van der Waals surface area contributed by atoms with Gasteiger partial charge in [-0.15, -0.1) is 12.4 Å². The Labute approximate surface area is 181 Å². The first-order valence-electron chi connectivity index (χ1n) is 11.0. The van der Waals surface area contributed by atoms with Crippen LogP contribution in [-0.4, -0.2) is 24.2 Å². The molecule has 4 bridgehead atoms. The summed E-state index contributed by atoms with van der Waals surface area (Å²) in [6.07, 6.45) is 2.43. The Morgan fingerprint density at radius 2 is 0.931 bits per heavy atom. The van der Waals surface area contributed by atoms with Crippen molar-refractivity contribution in [2.75, 3.05) is 0 Å². The van der Waals surface area contributed by atoms with Crippen LogP contribution >= 0.6 is 12.4 Å². The summed E-state index contributed by atoms with van der Waals surface area (Å²) < 4.78 is 0. The molecule has 2 aromatic rings. The van der Waals surface area contributed by atoms with Gasteiger partial charge >= 0.3 is 0 Å². The predicted octanol–water partition coefficient (Wildman–Crippen LogP) is 4.82. The van der Waals surface area contributed by atoms with Gasteiger partial charge in [0.05, 0.1) is 0 Å². The van der Waals surface area contributed by atoms with Crippen molar-refractivity contribution in [2.24, 2.45) is 10.8 Å². The smallest absolute Gasteiger partial charge is 0.0290 e. The molecule has 4 aliphatic rings. The number of rotatable bonds is 2. The van der Waals surface area contributed by atoms with Gasteiger partial charge in [-0.05, 0) is 34.8 Å². The van der Waals surface area contributed by atoms with Gasteiger partial charge in [0.25, 0.3) is 0 Å². The Hall–Kier alpha value is -1.35. The van der Waals surface area contributed by atoms with Crippen molar-refractivity contribution < 1.29 is 0 Å². The summed E-state index contributed by atoms with van der Waals surface area (Å²) in [5.74, 6) is 0. The van der Waals surface area contributed by atoms with Gasteiger partial charge in [-0.1, -0.05) is 88.4 Å². The van der Waals surface area contributed by atoms with Gasteiger partial charge in [0.2, 0.25) is 0 Å². The number of hydrogen-bond acceptors (Lipinski definition) is 2. The van der Waals surface area contributed by atoms with E-state index in [4.69, 9.17) is 0 Å². The van der Waals surface area contributed by atoms with Crippen LogP contribution in [0.2, 0.25) is 0 Å². The van der Waals surface area contributed by atoms with Crippen molar-refractivity contribution in [1.82, 2.24) is 10.6 Å². The lowest BCUT2D eigenvalue weighted by Gasteiger charge is -2.68. The molecule has 3 heteroatoms. The van der Waals surface area contributed by atoms with E-state index in [1.807, 2.05) is 0 Å². The molecule has 4 fully saturated rings. The molecule has 2 saturated heterocycles. The molecule has 0 aromatic heterocycles. The van der Waals surface area contributed by atoms with E-state index in [-0.39, 0.29) is 34.1 Å². The van der Waals surface area contributed by atoms with Crippen LogP contribution in [0.25, 0.3) is 0 Å². The number of benzene rings is 2. The van der Waals surface area contributed by atoms with E-state index in [1.54, 1.807) is 0 Å². The molecule has 0 unspecified atom stereocenters. The van der Waals surface area contributed by atoms with Crippen LogP contribution in [0.5, 0.6) is 0 Å². The van der Waals surface area contributed by atoms with E-state index < -0.39 is 0 Å². The monoisotopic (exact) mass is 408 g/mol. The van der Waals surface area contributed by atoms with E-state index in [0.29, 0.717) is 24.2 Å². The van der Waals surface area contributed by atoms with Crippen molar-refractivity contribution in [3.63, 3.8) is 0 Å². The zero-order chi connectivity index (χ0) is 19.4. The first-order chi connectivity index (χ1) is 13.4. The number of fused-ring (bicyclic) bond motifs is 2. The van der Waals surface area contributed by atoms with Crippen molar-refractivity contribution in [3.8, 4) is 0 Å². The molecule has 0 spiro atoms. The molecule has 29 heavy (non-hydrogen) atoms. The number of nitrogens with one attached hydrogen (secondary N) is 2. The molecule has 2 heterocycles. The third kappa shape index (κ3) is 1.85. The minimum atomic E-state index is 0. The normalized spacial score (nSPS) is 42.5. The molecule has 2 aliphatic heterocycles. The van der Waals surface area contributed by atoms with Gasteiger partial charge < -0.3 is 10.6 Å². The molecule has 2 N–H and O–H groups in total. The molecular weight excluding hydrogens is 376 g/mol.